The molecule has 1 aliphatic heterocycles. The summed E-state index contributed by atoms with van der Waals surface area (Å²) in [5, 5.41) is 0. The Bertz CT molecular complexity index is 401. The van der Waals surface area contributed by atoms with Gasteiger partial charge < -0.3 is 4.74 Å². The maximum atomic E-state index is 11.8. The summed E-state index contributed by atoms with van der Waals surface area (Å²) in [6.45, 7) is 3.60. The largest absolute Gasteiger partial charge is 0.452 e. The first-order chi connectivity index (χ1) is 8.31. The number of methoxy groups -OCH3 is 1. The van der Waals surface area contributed by atoms with Crippen molar-refractivity contribution in [2.75, 3.05) is 7.11 Å². The van der Waals surface area contributed by atoms with Crippen molar-refractivity contribution in [2.24, 2.45) is 0 Å². The minimum Gasteiger partial charge on any atom is -0.452 e. The lowest BCUT2D eigenvalue weighted by atomic mass is 10.1. The first-order valence-corrected chi connectivity index (χ1v) is 6.24. The van der Waals surface area contributed by atoms with Crippen LogP contribution in [0.15, 0.2) is 24.4 Å². The highest BCUT2D eigenvalue weighted by atomic mass is 35.6. The van der Waals surface area contributed by atoms with Gasteiger partial charge in [-0.1, -0.05) is 40.9 Å². The quantitative estimate of drug-likeness (QED) is 0.594. The molecule has 0 spiro atoms. The molecule has 0 saturated heterocycles. The first-order valence-electron chi connectivity index (χ1n) is 5.10. The van der Waals surface area contributed by atoms with Crippen molar-refractivity contribution in [3.05, 3.63) is 24.4 Å². The molecule has 0 N–H and O–H groups in total. The van der Waals surface area contributed by atoms with E-state index in [2.05, 4.69) is 11.3 Å². The number of hydrogen-bond donors (Lipinski definition) is 0. The zero-order valence-corrected chi connectivity index (χ0v) is 11.9. The highest BCUT2D eigenvalue weighted by Gasteiger charge is 2.39. The SMILES string of the molecule is C=CCC1CC(C(=O)C(Cl)(Cl)Cl)=CN1C(=O)OC. The highest BCUT2D eigenvalue weighted by molar-refractivity contribution is 6.77. The molecule has 7 heteroatoms. The van der Waals surface area contributed by atoms with Gasteiger partial charge in [0.15, 0.2) is 0 Å². The summed E-state index contributed by atoms with van der Waals surface area (Å²) < 4.78 is 2.61. The number of ether oxygens (including phenoxy) is 1. The maximum Gasteiger partial charge on any atom is 0.413 e. The van der Waals surface area contributed by atoms with Crippen LogP contribution in [0.3, 0.4) is 0 Å². The van der Waals surface area contributed by atoms with E-state index in [1.54, 1.807) is 6.08 Å². The standard InChI is InChI=1S/C11H12Cl3NO3/c1-3-4-8-5-7(9(16)11(12,13)14)6-15(8)10(17)18-2/h3,6,8H,1,4-5H2,2H3. The number of ketones is 1. The normalized spacial score (nSPS) is 19.4. The highest BCUT2D eigenvalue weighted by Crippen LogP contribution is 2.35. The van der Waals surface area contributed by atoms with Crippen molar-refractivity contribution in [3.63, 3.8) is 0 Å². The van der Waals surface area contributed by atoms with Crippen LogP contribution in [0.4, 0.5) is 4.79 Å². The average Bonchev–Trinajstić information content (AvgIpc) is 2.70. The van der Waals surface area contributed by atoms with Gasteiger partial charge in [0.2, 0.25) is 5.78 Å². The van der Waals surface area contributed by atoms with Crippen LogP contribution in [-0.2, 0) is 9.53 Å². The lowest BCUT2D eigenvalue weighted by molar-refractivity contribution is -0.114. The number of halogens is 3. The topological polar surface area (TPSA) is 46.6 Å². The second kappa shape index (κ2) is 5.95. The molecule has 0 saturated carbocycles. The summed E-state index contributed by atoms with van der Waals surface area (Å²) in [4.78, 5) is 24.6. The van der Waals surface area contributed by atoms with Gasteiger partial charge in [0.1, 0.15) is 0 Å². The summed E-state index contributed by atoms with van der Waals surface area (Å²) in [5.74, 6) is -0.632. The zero-order chi connectivity index (χ0) is 13.9. The van der Waals surface area contributed by atoms with Gasteiger partial charge in [-0.25, -0.2) is 4.79 Å². The molecule has 1 aliphatic rings. The Balaban J connectivity index is 2.94. The molecule has 1 unspecified atom stereocenters. The molecule has 0 aromatic rings. The first kappa shape index (κ1) is 15.3. The van der Waals surface area contributed by atoms with Gasteiger partial charge in [-0.15, -0.1) is 6.58 Å². The maximum absolute atomic E-state index is 11.8. The van der Waals surface area contributed by atoms with E-state index in [0.29, 0.717) is 12.8 Å². The van der Waals surface area contributed by atoms with Gasteiger partial charge in [0, 0.05) is 17.8 Å². The third-order valence-electron chi connectivity index (χ3n) is 2.52. The van der Waals surface area contributed by atoms with E-state index >= 15 is 0 Å². The van der Waals surface area contributed by atoms with Crippen molar-refractivity contribution < 1.29 is 14.3 Å². The molecule has 1 amide bonds. The van der Waals surface area contributed by atoms with Crippen molar-refractivity contribution in [2.45, 2.75) is 22.7 Å². The fourth-order valence-electron chi connectivity index (χ4n) is 1.71. The molecule has 4 nitrogen and oxygen atoms in total. The average molecular weight is 313 g/mol. The predicted molar refractivity (Wildman–Crippen MR) is 70.8 cm³/mol. The van der Waals surface area contributed by atoms with Crippen molar-refractivity contribution in [3.8, 4) is 0 Å². The fraction of sp³-hybridized carbons (Fsp3) is 0.455. The van der Waals surface area contributed by atoms with Crippen molar-refractivity contribution >= 4 is 46.7 Å². The van der Waals surface area contributed by atoms with Crippen LogP contribution in [0.2, 0.25) is 0 Å². The Kier molecular flexibility index (Phi) is 5.08. The molecule has 1 rings (SSSR count). The molecule has 0 radical (unpaired) electrons. The van der Waals surface area contributed by atoms with E-state index in [1.807, 2.05) is 0 Å². The van der Waals surface area contributed by atoms with Gasteiger partial charge in [-0.3, -0.25) is 9.69 Å². The molecule has 18 heavy (non-hydrogen) atoms. The van der Waals surface area contributed by atoms with Crippen LogP contribution in [-0.4, -0.2) is 33.7 Å². The molecule has 0 aromatic heterocycles. The van der Waals surface area contributed by atoms with Gasteiger partial charge in [-0.05, 0) is 12.8 Å². The smallest absolute Gasteiger partial charge is 0.413 e. The Labute approximate surface area is 120 Å². The summed E-state index contributed by atoms with van der Waals surface area (Å²) in [6.07, 6.45) is 3.28. The number of nitrogens with zero attached hydrogens (tertiary/aromatic N) is 1. The van der Waals surface area contributed by atoms with Crippen LogP contribution in [0, 0.1) is 0 Å². The third kappa shape index (κ3) is 3.40. The Morgan fingerprint density at radius 3 is 2.67 bits per heavy atom. The monoisotopic (exact) mass is 311 g/mol. The van der Waals surface area contributed by atoms with E-state index in [9.17, 15) is 9.59 Å². The zero-order valence-electron chi connectivity index (χ0n) is 9.66. The van der Waals surface area contributed by atoms with E-state index in [1.165, 1.54) is 18.2 Å². The minimum absolute atomic E-state index is 0.235. The summed E-state index contributed by atoms with van der Waals surface area (Å²) in [5.41, 5.74) is 0.284. The Morgan fingerprint density at radius 1 is 1.61 bits per heavy atom. The van der Waals surface area contributed by atoms with Crippen LogP contribution in [0.1, 0.15) is 12.8 Å². The molecule has 0 fully saturated rings. The predicted octanol–water partition coefficient (Wildman–Crippen LogP) is 3.23. The summed E-state index contributed by atoms with van der Waals surface area (Å²) >= 11 is 16.6. The number of amides is 1. The fourth-order valence-corrected chi connectivity index (χ4v) is 2.07. The lowest BCUT2D eigenvalue weighted by Gasteiger charge is -2.20. The van der Waals surface area contributed by atoms with Gasteiger partial charge in [0.25, 0.3) is 3.79 Å². The molecule has 1 heterocycles. The number of alkyl halides is 3. The molecule has 0 aliphatic carbocycles. The number of carbonyl (C=O) groups is 2. The Morgan fingerprint density at radius 2 is 2.22 bits per heavy atom. The minimum atomic E-state index is -2.02. The number of rotatable bonds is 3. The third-order valence-corrected chi connectivity index (χ3v) is 3.03. The lowest BCUT2D eigenvalue weighted by Crippen LogP contribution is -2.32. The van der Waals surface area contributed by atoms with Crippen LogP contribution >= 0.6 is 34.8 Å². The number of hydrogen-bond acceptors (Lipinski definition) is 3. The Hall–Kier alpha value is -0.710. The van der Waals surface area contributed by atoms with E-state index in [-0.39, 0.29) is 11.6 Å². The molecule has 100 valence electrons. The van der Waals surface area contributed by atoms with Gasteiger partial charge in [0.05, 0.1) is 7.11 Å². The van der Waals surface area contributed by atoms with Crippen molar-refractivity contribution in [1.29, 1.82) is 0 Å². The number of Topliss-reactive ketones (excluding diaryl/α,β-unsaturated/α-hetero) is 1. The molecule has 1 atom stereocenters. The van der Waals surface area contributed by atoms with E-state index < -0.39 is 15.7 Å². The summed E-state index contributed by atoms with van der Waals surface area (Å²) in [6, 6.07) is -0.235. The van der Waals surface area contributed by atoms with Crippen LogP contribution < -0.4 is 0 Å². The molecular weight excluding hydrogens is 300 g/mol. The second-order valence-electron chi connectivity index (χ2n) is 3.74. The van der Waals surface area contributed by atoms with E-state index in [4.69, 9.17) is 34.8 Å². The molecule has 0 aromatic carbocycles. The van der Waals surface area contributed by atoms with Crippen LogP contribution in [0.25, 0.3) is 0 Å². The second-order valence-corrected chi connectivity index (χ2v) is 6.02. The molecular formula is C11H12Cl3NO3. The summed E-state index contributed by atoms with van der Waals surface area (Å²) in [7, 11) is 1.26. The number of carbonyl (C=O) groups excluding carboxylic acids is 2. The van der Waals surface area contributed by atoms with E-state index in [0.717, 1.165) is 0 Å². The molecule has 0 bridgehead atoms. The van der Waals surface area contributed by atoms with Crippen LogP contribution in [0.5, 0.6) is 0 Å². The van der Waals surface area contributed by atoms with Gasteiger partial charge >= 0.3 is 6.09 Å². The van der Waals surface area contributed by atoms with Crippen molar-refractivity contribution in [1.82, 2.24) is 4.90 Å². The van der Waals surface area contributed by atoms with Gasteiger partial charge in [-0.2, -0.15) is 0 Å².